The van der Waals surface area contributed by atoms with E-state index < -0.39 is 0 Å². The molecule has 1 fully saturated rings. The fraction of sp³-hybridized carbons (Fsp3) is 0.385. The number of halogens is 1. The lowest BCUT2D eigenvalue weighted by atomic mass is 10.2. The molecule has 0 amide bonds. The van der Waals surface area contributed by atoms with Crippen molar-refractivity contribution in [2.75, 3.05) is 13.1 Å². The topological polar surface area (TPSA) is 80.0 Å². The summed E-state index contributed by atoms with van der Waals surface area (Å²) in [5, 5.41) is 0. The summed E-state index contributed by atoms with van der Waals surface area (Å²) < 4.78 is 13.1. The molecule has 0 unspecified atom stereocenters. The van der Waals surface area contributed by atoms with Crippen molar-refractivity contribution in [2.45, 2.75) is 19.8 Å². The van der Waals surface area contributed by atoms with E-state index in [-0.39, 0.29) is 11.8 Å². The van der Waals surface area contributed by atoms with Crippen molar-refractivity contribution in [3.8, 4) is 0 Å². The van der Waals surface area contributed by atoms with E-state index in [1.807, 2.05) is 4.90 Å². The summed E-state index contributed by atoms with van der Waals surface area (Å²) in [5.74, 6) is 0.200. The van der Waals surface area contributed by atoms with Crippen LogP contribution in [0.2, 0.25) is 0 Å². The first-order valence-electron chi connectivity index (χ1n) is 6.25. The van der Waals surface area contributed by atoms with Crippen LogP contribution in [0, 0.1) is 12.7 Å². The molecule has 1 aromatic carbocycles. The van der Waals surface area contributed by atoms with Gasteiger partial charge in [-0.05, 0) is 43.5 Å². The average molecular weight is 263 g/mol. The van der Waals surface area contributed by atoms with Crippen LogP contribution in [0.3, 0.4) is 0 Å². The van der Waals surface area contributed by atoms with Gasteiger partial charge < -0.3 is 16.4 Å². The molecule has 2 rings (SSSR count). The quantitative estimate of drug-likeness (QED) is 0.595. The lowest BCUT2D eigenvalue weighted by molar-refractivity contribution is 0.514. The molecule has 6 heteroatoms. The number of nitrogens with zero attached hydrogens (tertiary/aromatic N) is 3. The van der Waals surface area contributed by atoms with E-state index in [2.05, 4.69) is 9.98 Å². The number of nitrogens with two attached hydrogens (primary N) is 2. The molecule has 19 heavy (non-hydrogen) atoms. The van der Waals surface area contributed by atoms with E-state index in [4.69, 9.17) is 11.5 Å². The second-order valence-corrected chi connectivity index (χ2v) is 4.57. The smallest absolute Gasteiger partial charge is 0.223 e. The Balaban J connectivity index is 2.13. The van der Waals surface area contributed by atoms with Gasteiger partial charge in [-0.1, -0.05) is 0 Å². The van der Waals surface area contributed by atoms with Gasteiger partial charge in [-0.3, -0.25) is 0 Å². The lowest BCUT2D eigenvalue weighted by Gasteiger charge is -2.15. The fourth-order valence-electron chi connectivity index (χ4n) is 1.99. The molecule has 0 saturated carbocycles. The first kappa shape index (κ1) is 13.3. The van der Waals surface area contributed by atoms with E-state index >= 15 is 0 Å². The Kier molecular flexibility index (Phi) is 3.99. The molecule has 4 N–H and O–H groups in total. The number of benzene rings is 1. The van der Waals surface area contributed by atoms with Crippen molar-refractivity contribution < 1.29 is 4.39 Å². The normalized spacial score (nSPS) is 17.1. The maximum atomic E-state index is 13.1. The van der Waals surface area contributed by atoms with Gasteiger partial charge in [-0.15, -0.1) is 0 Å². The molecule has 0 aliphatic carbocycles. The van der Waals surface area contributed by atoms with Crippen LogP contribution in [0.25, 0.3) is 0 Å². The molecule has 1 aliphatic rings. The van der Waals surface area contributed by atoms with Gasteiger partial charge >= 0.3 is 0 Å². The maximum absolute atomic E-state index is 13.1. The Labute approximate surface area is 111 Å². The van der Waals surface area contributed by atoms with E-state index in [1.165, 1.54) is 6.07 Å². The second kappa shape index (κ2) is 5.69. The molecule has 0 spiro atoms. The molecular weight excluding hydrogens is 245 g/mol. The zero-order valence-corrected chi connectivity index (χ0v) is 10.9. The third-order valence-electron chi connectivity index (χ3n) is 3.04. The highest BCUT2D eigenvalue weighted by atomic mass is 19.1. The predicted molar refractivity (Wildman–Crippen MR) is 74.8 cm³/mol. The summed E-state index contributed by atoms with van der Waals surface area (Å²) in [5.41, 5.74) is 12.7. The van der Waals surface area contributed by atoms with Crippen molar-refractivity contribution in [3.05, 3.63) is 29.6 Å². The van der Waals surface area contributed by atoms with Gasteiger partial charge in [-0.25, -0.2) is 9.38 Å². The van der Waals surface area contributed by atoms with Gasteiger partial charge in [0.2, 0.25) is 5.96 Å². The summed E-state index contributed by atoms with van der Waals surface area (Å²) in [6.45, 7) is 3.48. The average Bonchev–Trinajstić information content (AvgIpc) is 2.87. The summed E-state index contributed by atoms with van der Waals surface area (Å²) in [7, 11) is 0. The molecule has 102 valence electrons. The van der Waals surface area contributed by atoms with Gasteiger partial charge in [0, 0.05) is 13.1 Å². The van der Waals surface area contributed by atoms with Crippen LogP contribution in [-0.2, 0) is 0 Å². The number of hydrogen-bond acceptors (Lipinski definition) is 1. The maximum Gasteiger partial charge on any atom is 0.223 e. The number of likely N-dealkylation sites (tertiary alicyclic amines) is 1. The lowest BCUT2D eigenvalue weighted by Crippen LogP contribution is -2.36. The largest absolute Gasteiger partial charge is 0.369 e. The monoisotopic (exact) mass is 263 g/mol. The summed E-state index contributed by atoms with van der Waals surface area (Å²) in [6, 6.07) is 4.52. The summed E-state index contributed by atoms with van der Waals surface area (Å²) in [4.78, 5) is 10.1. The molecule has 0 radical (unpaired) electrons. The van der Waals surface area contributed by atoms with Crippen LogP contribution in [0.1, 0.15) is 18.4 Å². The highest BCUT2D eigenvalue weighted by Gasteiger charge is 2.13. The molecule has 1 heterocycles. The second-order valence-electron chi connectivity index (χ2n) is 4.57. The molecule has 0 atom stereocenters. The first-order valence-corrected chi connectivity index (χ1v) is 6.25. The minimum absolute atomic E-state index is 0.0791. The van der Waals surface area contributed by atoms with Crippen LogP contribution in [0.15, 0.2) is 28.2 Å². The molecule has 1 aliphatic heterocycles. The highest BCUT2D eigenvalue weighted by Crippen LogP contribution is 2.16. The van der Waals surface area contributed by atoms with Gasteiger partial charge in [0.05, 0.1) is 5.69 Å². The zero-order valence-electron chi connectivity index (χ0n) is 10.9. The van der Waals surface area contributed by atoms with E-state index in [0.717, 1.165) is 25.9 Å². The van der Waals surface area contributed by atoms with Crippen LogP contribution in [0.4, 0.5) is 10.1 Å². The number of aryl methyl sites for hydroxylation is 1. The van der Waals surface area contributed by atoms with E-state index in [0.29, 0.717) is 17.2 Å². The third-order valence-corrected chi connectivity index (χ3v) is 3.04. The van der Waals surface area contributed by atoms with Crippen molar-refractivity contribution in [3.63, 3.8) is 0 Å². The Morgan fingerprint density at radius 3 is 2.58 bits per heavy atom. The van der Waals surface area contributed by atoms with Gasteiger partial charge in [0.15, 0.2) is 5.96 Å². The van der Waals surface area contributed by atoms with Crippen molar-refractivity contribution >= 4 is 17.6 Å². The molecule has 1 aromatic rings. The number of hydrogen-bond donors (Lipinski definition) is 2. The number of guanidine groups is 2. The van der Waals surface area contributed by atoms with Crippen LogP contribution >= 0.6 is 0 Å². The SMILES string of the molecule is Cc1cc(N=C(N)N=C(N)N2CCCC2)ccc1F. The Morgan fingerprint density at radius 1 is 1.26 bits per heavy atom. The fourth-order valence-corrected chi connectivity index (χ4v) is 1.99. The molecule has 0 aromatic heterocycles. The first-order chi connectivity index (χ1) is 9.06. The number of aliphatic imine (C=N–C) groups is 2. The van der Waals surface area contributed by atoms with Crippen molar-refractivity contribution in [1.82, 2.24) is 4.90 Å². The zero-order chi connectivity index (χ0) is 13.8. The third kappa shape index (κ3) is 3.43. The summed E-state index contributed by atoms with van der Waals surface area (Å²) >= 11 is 0. The minimum atomic E-state index is -0.266. The predicted octanol–water partition coefficient (Wildman–Crippen LogP) is 1.49. The van der Waals surface area contributed by atoms with E-state index in [9.17, 15) is 4.39 Å². The molecule has 0 bridgehead atoms. The van der Waals surface area contributed by atoms with Crippen LogP contribution < -0.4 is 11.5 Å². The van der Waals surface area contributed by atoms with Crippen LogP contribution in [-0.4, -0.2) is 29.9 Å². The summed E-state index contributed by atoms with van der Waals surface area (Å²) in [6.07, 6.45) is 2.23. The Bertz CT molecular complexity index is 518. The van der Waals surface area contributed by atoms with Crippen molar-refractivity contribution in [2.24, 2.45) is 21.5 Å². The molecular formula is C13H18FN5. The highest BCUT2D eigenvalue weighted by molar-refractivity contribution is 5.94. The Morgan fingerprint density at radius 2 is 1.95 bits per heavy atom. The standard InChI is InChI=1S/C13H18FN5/c1-9-8-10(4-5-11(9)14)17-12(15)18-13(16)19-6-2-3-7-19/h4-5,8H,2-3,6-7H2,1H3,(H4,15,16,17,18). The Hall–Kier alpha value is -2.11. The van der Waals surface area contributed by atoms with Gasteiger partial charge in [0.1, 0.15) is 5.82 Å². The minimum Gasteiger partial charge on any atom is -0.369 e. The molecule has 5 nitrogen and oxygen atoms in total. The molecule has 1 saturated heterocycles. The van der Waals surface area contributed by atoms with Crippen LogP contribution in [0.5, 0.6) is 0 Å². The van der Waals surface area contributed by atoms with E-state index in [1.54, 1.807) is 19.1 Å². The van der Waals surface area contributed by atoms with Gasteiger partial charge in [-0.2, -0.15) is 4.99 Å². The number of rotatable bonds is 1. The van der Waals surface area contributed by atoms with Crippen molar-refractivity contribution in [1.29, 1.82) is 0 Å². The van der Waals surface area contributed by atoms with Gasteiger partial charge in [0.25, 0.3) is 0 Å².